The lowest BCUT2D eigenvalue weighted by atomic mass is 10.2. The lowest BCUT2D eigenvalue weighted by molar-refractivity contribution is 0.100. The number of pyridine rings is 1. The Morgan fingerprint density at radius 3 is 2.81 bits per heavy atom. The van der Waals surface area contributed by atoms with Crippen molar-refractivity contribution in [1.82, 2.24) is 4.98 Å². The average Bonchev–Trinajstić information content (AvgIpc) is 2.44. The van der Waals surface area contributed by atoms with Crippen LogP contribution in [-0.2, 0) is 0 Å². The minimum atomic E-state index is -0.677. The van der Waals surface area contributed by atoms with Gasteiger partial charge in [0.1, 0.15) is 5.82 Å². The fourth-order valence-corrected chi connectivity index (χ4v) is 1.76. The number of hydrogen-bond donors (Lipinski definition) is 3. The number of hydrogen-bond acceptors (Lipinski definition) is 5. The highest BCUT2D eigenvalue weighted by Crippen LogP contribution is 2.25. The Labute approximate surface area is 120 Å². The van der Waals surface area contributed by atoms with E-state index in [0.29, 0.717) is 18.0 Å². The first kappa shape index (κ1) is 14.6. The molecular weight excluding hydrogens is 275 g/mol. The first-order valence-electron chi connectivity index (χ1n) is 6.26. The normalized spacial score (nSPS) is 10.2. The standard InChI is InChI=1S/C14H15FN4O2/c1-2-21-12-4-3-9(6-11(12)15)19-14-10(13(17)20)5-8(16)7-18-14/h3-7H,2,16H2,1H3,(H2,17,20)(H,18,19). The van der Waals surface area contributed by atoms with Gasteiger partial charge >= 0.3 is 0 Å². The molecule has 5 N–H and O–H groups in total. The van der Waals surface area contributed by atoms with E-state index in [0.717, 1.165) is 0 Å². The maximum Gasteiger partial charge on any atom is 0.252 e. The zero-order valence-electron chi connectivity index (χ0n) is 11.4. The van der Waals surface area contributed by atoms with Crippen LogP contribution in [0.2, 0.25) is 0 Å². The van der Waals surface area contributed by atoms with E-state index in [1.54, 1.807) is 13.0 Å². The van der Waals surface area contributed by atoms with Crippen molar-refractivity contribution >= 4 is 23.1 Å². The van der Waals surface area contributed by atoms with Crippen molar-refractivity contribution in [1.29, 1.82) is 0 Å². The van der Waals surface area contributed by atoms with Crippen LogP contribution in [0.1, 0.15) is 17.3 Å². The molecule has 0 atom stereocenters. The smallest absolute Gasteiger partial charge is 0.252 e. The summed E-state index contributed by atoms with van der Waals surface area (Å²) in [7, 11) is 0. The van der Waals surface area contributed by atoms with E-state index < -0.39 is 11.7 Å². The van der Waals surface area contributed by atoms with Gasteiger partial charge in [-0.3, -0.25) is 4.79 Å². The molecule has 0 aliphatic carbocycles. The molecule has 1 aromatic heterocycles. The Morgan fingerprint density at radius 2 is 2.19 bits per heavy atom. The molecule has 0 radical (unpaired) electrons. The third kappa shape index (κ3) is 3.38. The molecule has 21 heavy (non-hydrogen) atoms. The third-order valence-electron chi connectivity index (χ3n) is 2.67. The van der Waals surface area contributed by atoms with Crippen molar-refractivity contribution in [2.45, 2.75) is 6.92 Å². The number of carbonyl (C=O) groups excluding carboxylic acids is 1. The maximum atomic E-state index is 13.8. The Bertz CT molecular complexity index is 676. The van der Waals surface area contributed by atoms with Gasteiger partial charge in [-0.05, 0) is 25.1 Å². The van der Waals surface area contributed by atoms with Gasteiger partial charge < -0.3 is 21.5 Å². The van der Waals surface area contributed by atoms with Crippen LogP contribution in [0.3, 0.4) is 0 Å². The highest BCUT2D eigenvalue weighted by Gasteiger charge is 2.12. The van der Waals surface area contributed by atoms with Crippen LogP contribution in [-0.4, -0.2) is 17.5 Å². The number of nitrogens with one attached hydrogen (secondary N) is 1. The Kier molecular flexibility index (Phi) is 4.22. The molecule has 0 saturated heterocycles. The van der Waals surface area contributed by atoms with Crippen molar-refractivity contribution in [3.05, 3.63) is 41.8 Å². The molecule has 0 unspecified atom stereocenters. The SMILES string of the molecule is CCOc1ccc(Nc2ncc(N)cc2C(N)=O)cc1F. The monoisotopic (exact) mass is 290 g/mol. The van der Waals surface area contributed by atoms with Crippen molar-refractivity contribution in [3.63, 3.8) is 0 Å². The van der Waals surface area contributed by atoms with Crippen molar-refractivity contribution in [3.8, 4) is 5.75 Å². The third-order valence-corrected chi connectivity index (χ3v) is 2.67. The summed E-state index contributed by atoms with van der Waals surface area (Å²) < 4.78 is 18.9. The summed E-state index contributed by atoms with van der Waals surface area (Å²) in [5.41, 5.74) is 11.7. The highest BCUT2D eigenvalue weighted by molar-refractivity contribution is 5.99. The van der Waals surface area contributed by atoms with Crippen LogP contribution in [0.5, 0.6) is 5.75 Å². The summed E-state index contributed by atoms with van der Waals surface area (Å²) in [6.45, 7) is 2.14. The molecule has 1 heterocycles. The van der Waals surface area contributed by atoms with Crippen molar-refractivity contribution < 1.29 is 13.9 Å². The van der Waals surface area contributed by atoms with E-state index in [4.69, 9.17) is 16.2 Å². The largest absolute Gasteiger partial charge is 0.491 e. The number of carbonyl (C=O) groups is 1. The lowest BCUT2D eigenvalue weighted by Crippen LogP contribution is -2.14. The predicted octanol–water partition coefficient (Wildman–Crippen LogP) is 2.04. The first-order valence-corrected chi connectivity index (χ1v) is 6.26. The Morgan fingerprint density at radius 1 is 1.43 bits per heavy atom. The fraction of sp³-hybridized carbons (Fsp3) is 0.143. The van der Waals surface area contributed by atoms with Gasteiger partial charge in [0.25, 0.3) is 5.91 Å². The zero-order chi connectivity index (χ0) is 15.4. The van der Waals surface area contributed by atoms with Crippen molar-refractivity contribution in [2.24, 2.45) is 5.73 Å². The summed E-state index contributed by atoms with van der Waals surface area (Å²) >= 11 is 0. The average molecular weight is 290 g/mol. The van der Waals surface area contributed by atoms with Crippen LogP contribution in [0.25, 0.3) is 0 Å². The number of ether oxygens (including phenoxy) is 1. The van der Waals surface area contributed by atoms with Gasteiger partial charge in [0.15, 0.2) is 11.6 Å². The topological polar surface area (TPSA) is 103 Å². The van der Waals surface area contributed by atoms with Crippen molar-refractivity contribution in [2.75, 3.05) is 17.7 Å². The van der Waals surface area contributed by atoms with Gasteiger partial charge in [0.05, 0.1) is 24.1 Å². The number of benzene rings is 1. The van der Waals surface area contributed by atoms with E-state index in [2.05, 4.69) is 10.3 Å². The van der Waals surface area contributed by atoms with E-state index >= 15 is 0 Å². The quantitative estimate of drug-likeness (QED) is 0.782. The van der Waals surface area contributed by atoms with Gasteiger partial charge in [-0.2, -0.15) is 0 Å². The molecule has 0 fully saturated rings. The minimum Gasteiger partial charge on any atom is -0.491 e. The summed E-state index contributed by atoms with van der Waals surface area (Å²) in [5, 5.41) is 2.83. The maximum absolute atomic E-state index is 13.8. The molecule has 0 bridgehead atoms. The number of amides is 1. The van der Waals surface area contributed by atoms with Gasteiger partial charge in [-0.1, -0.05) is 0 Å². The number of nitrogens with zero attached hydrogens (tertiary/aromatic N) is 1. The van der Waals surface area contributed by atoms with Crippen LogP contribution >= 0.6 is 0 Å². The molecule has 2 rings (SSSR count). The number of aromatic nitrogens is 1. The molecule has 0 aliphatic rings. The second kappa shape index (κ2) is 6.08. The number of primary amides is 1. The molecule has 2 aromatic rings. The summed E-state index contributed by atoms with van der Waals surface area (Å²) in [6.07, 6.45) is 1.37. The summed E-state index contributed by atoms with van der Waals surface area (Å²) in [4.78, 5) is 15.4. The molecule has 0 spiro atoms. The molecular formula is C14H15FN4O2. The van der Waals surface area contributed by atoms with Gasteiger partial charge in [-0.15, -0.1) is 0 Å². The predicted molar refractivity (Wildman–Crippen MR) is 78.0 cm³/mol. The summed E-state index contributed by atoms with van der Waals surface area (Å²) in [6, 6.07) is 5.75. The molecule has 0 aliphatic heterocycles. The number of halogens is 1. The second-order valence-corrected chi connectivity index (χ2v) is 4.23. The highest BCUT2D eigenvalue weighted by atomic mass is 19.1. The van der Waals surface area contributed by atoms with Crippen LogP contribution in [0, 0.1) is 5.82 Å². The zero-order valence-corrected chi connectivity index (χ0v) is 11.4. The van der Waals surface area contributed by atoms with E-state index in [9.17, 15) is 9.18 Å². The molecule has 110 valence electrons. The first-order chi connectivity index (χ1) is 10.0. The molecule has 0 saturated carbocycles. The lowest BCUT2D eigenvalue weighted by Gasteiger charge is -2.11. The second-order valence-electron chi connectivity index (χ2n) is 4.23. The van der Waals surface area contributed by atoms with E-state index in [-0.39, 0.29) is 17.1 Å². The van der Waals surface area contributed by atoms with Crippen LogP contribution in [0.15, 0.2) is 30.5 Å². The number of anilines is 3. The van der Waals surface area contributed by atoms with E-state index in [1.807, 2.05) is 0 Å². The van der Waals surface area contributed by atoms with Crippen LogP contribution < -0.4 is 21.5 Å². The number of nitrogen functional groups attached to an aromatic ring is 1. The van der Waals surface area contributed by atoms with Gasteiger partial charge in [-0.25, -0.2) is 9.37 Å². The van der Waals surface area contributed by atoms with E-state index in [1.165, 1.54) is 24.4 Å². The summed E-state index contributed by atoms with van der Waals surface area (Å²) in [5.74, 6) is -0.828. The molecule has 1 aromatic carbocycles. The molecule has 6 nitrogen and oxygen atoms in total. The van der Waals surface area contributed by atoms with Gasteiger partial charge in [0, 0.05) is 11.8 Å². The minimum absolute atomic E-state index is 0.129. The Balaban J connectivity index is 2.30. The molecule has 1 amide bonds. The van der Waals surface area contributed by atoms with Crippen LogP contribution in [0.4, 0.5) is 21.6 Å². The Hall–Kier alpha value is -2.83. The number of nitrogens with two attached hydrogens (primary N) is 2. The van der Waals surface area contributed by atoms with Gasteiger partial charge in [0.2, 0.25) is 0 Å². The number of rotatable bonds is 5. The molecule has 7 heteroatoms. The fourth-order valence-electron chi connectivity index (χ4n) is 1.76.